The largest absolute Gasteiger partial charge is 0.493 e. The van der Waals surface area contributed by atoms with Crippen LogP contribution in [0, 0.1) is 5.92 Å². The van der Waals surface area contributed by atoms with Crippen LogP contribution < -0.4 is 19.9 Å². The summed E-state index contributed by atoms with van der Waals surface area (Å²) in [6.07, 6.45) is 0. The number of nitrogens with zero attached hydrogens (tertiary/aromatic N) is 1. The number of rotatable bonds is 6. The maximum absolute atomic E-state index is 6.12. The third-order valence-corrected chi connectivity index (χ3v) is 3.84. The van der Waals surface area contributed by atoms with Crippen molar-refractivity contribution >= 4 is 16.7 Å². The summed E-state index contributed by atoms with van der Waals surface area (Å²) >= 11 is 0. The summed E-state index contributed by atoms with van der Waals surface area (Å²) in [4.78, 5) is 7.92. The summed E-state index contributed by atoms with van der Waals surface area (Å²) < 4.78 is 16.4. The SMILES string of the molecule is COc1cc2nc(-c3ccc(OCC(C)C)c(N)c3)[nH]c2cc1OC. The molecule has 0 spiro atoms. The third-order valence-electron chi connectivity index (χ3n) is 3.84. The van der Waals surface area contributed by atoms with E-state index in [-0.39, 0.29) is 0 Å². The monoisotopic (exact) mass is 341 g/mol. The first-order valence-electron chi connectivity index (χ1n) is 8.16. The van der Waals surface area contributed by atoms with Gasteiger partial charge in [-0.3, -0.25) is 0 Å². The fourth-order valence-electron chi connectivity index (χ4n) is 2.56. The molecule has 0 aliphatic carbocycles. The zero-order chi connectivity index (χ0) is 18.0. The molecule has 0 radical (unpaired) electrons. The van der Waals surface area contributed by atoms with Crippen molar-refractivity contribution in [2.24, 2.45) is 5.92 Å². The van der Waals surface area contributed by atoms with Crippen molar-refractivity contribution < 1.29 is 14.2 Å². The summed E-state index contributed by atoms with van der Waals surface area (Å²) in [5.41, 5.74) is 9.27. The molecule has 1 heterocycles. The molecule has 0 saturated heterocycles. The van der Waals surface area contributed by atoms with Crippen LogP contribution in [0.2, 0.25) is 0 Å². The van der Waals surface area contributed by atoms with Crippen molar-refractivity contribution in [3.05, 3.63) is 30.3 Å². The van der Waals surface area contributed by atoms with Crippen molar-refractivity contribution in [2.45, 2.75) is 13.8 Å². The molecule has 3 aromatic rings. The molecule has 3 N–H and O–H groups in total. The Bertz CT molecular complexity index is 846. The molecule has 0 saturated carbocycles. The van der Waals surface area contributed by atoms with Crippen LogP contribution in [-0.2, 0) is 0 Å². The number of nitrogens with one attached hydrogen (secondary N) is 1. The average Bonchev–Trinajstić information content (AvgIpc) is 3.02. The number of methoxy groups -OCH3 is 2. The van der Waals surface area contributed by atoms with Crippen LogP contribution in [-0.4, -0.2) is 30.8 Å². The second kappa shape index (κ2) is 6.93. The van der Waals surface area contributed by atoms with Crippen molar-refractivity contribution in [1.29, 1.82) is 0 Å². The lowest BCUT2D eigenvalue weighted by Gasteiger charge is -2.11. The molecule has 25 heavy (non-hydrogen) atoms. The minimum atomic E-state index is 0.444. The van der Waals surface area contributed by atoms with Gasteiger partial charge in [-0.25, -0.2) is 4.98 Å². The van der Waals surface area contributed by atoms with Gasteiger partial charge in [0.2, 0.25) is 0 Å². The molecule has 0 unspecified atom stereocenters. The standard InChI is InChI=1S/C19H23N3O3/c1-11(2)10-25-16-6-5-12(7-13(16)20)19-21-14-8-17(23-3)18(24-4)9-15(14)22-19/h5-9,11H,10,20H2,1-4H3,(H,21,22). The van der Waals surface area contributed by atoms with Gasteiger partial charge in [0.15, 0.2) is 11.5 Å². The molecule has 0 aliphatic heterocycles. The van der Waals surface area contributed by atoms with Gasteiger partial charge in [0.05, 0.1) is 37.5 Å². The summed E-state index contributed by atoms with van der Waals surface area (Å²) in [6, 6.07) is 9.40. The first kappa shape index (κ1) is 17.0. The molecule has 1 aromatic heterocycles. The fraction of sp³-hybridized carbons (Fsp3) is 0.316. The van der Waals surface area contributed by atoms with Gasteiger partial charge in [-0.2, -0.15) is 0 Å². The Balaban J connectivity index is 1.94. The minimum absolute atomic E-state index is 0.444. The quantitative estimate of drug-likeness (QED) is 0.665. The van der Waals surface area contributed by atoms with Crippen molar-refractivity contribution in [3.8, 4) is 28.6 Å². The Morgan fingerprint density at radius 2 is 1.76 bits per heavy atom. The van der Waals surface area contributed by atoms with Gasteiger partial charge < -0.3 is 24.9 Å². The highest BCUT2D eigenvalue weighted by Crippen LogP contribution is 2.33. The summed E-state index contributed by atoms with van der Waals surface area (Å²) in [7, 11) is 3.21. The second-order valence-electron chi connectivity index (χ2n) is 6.27. The van der Waals surface area contributed by atoms with E-state index >= 15 is 0 Å². The Hall–Kier alpha value is -2.89. The minimum Gasteiger partial charge on any atom is -0.493 e. The van der Waals surface area contributed by atoms with Crippen LogP contribution in [0.25, 0.3) is 22.4 Å². The highest BCUT2D eigenvalue weighted by molar-refractivity contribution is 5.83. The van der Waals surface area contributed by atoms with E-state index in [9.17, 15) is 0 Å². The Kier molecular flexibility index (Phi) is 4.70. The smallest absolute Gasteiger partial charge is 0.163 e. The van der Waals surface area contributed by atoms with E-state index in [0.717, 1.165) is 22.4 Å². The first-order chi connectivity index (χ1) is 12.0. The fourth-order valence-corrected chi connectivity index (χ4v) is 2.56. The molecular weight excluding hydrogens is 318 g/mol. The number of imidazole rings is 1. The van der Waals surface area contributed by atoms with Crippen LogP contribution in [0.1, 0.15) is 13.8 Å². The maximum atomic E-state index is 6.12. The Morgan fingerprint density at radius 1 is 1.04 bits per heavy atom. The lowest BCUT2D eigenvalue weighted by molar-refractivity contribution is 0.272. The zero-order valence-corrected chi connectivity index (χ0v) is 14.9. The molecule has 6 heteroatoms. The van der Waals surface area contributed by atoms with Crippen molar-refractivity contribution in [1.82, 2.24) is 9.97 Å². The Labute approximate surface area is 146 Å². The highest BCUT2D eigenvalue weighted by Gasteiger charge is 2.12. The van der Waals surface area contributed by atoms with Crippen LogP contribution in [0.15, 0.2) is 30.3 Å². The van der Waals surface area contributed by atoms with E-state index in [1.54, 1.807) is 14.2 Å². The number of nitrogen functional groups attached to an aromatic ring is 1. The normalized spacial score (nSPS) is 11.1. The molecule has 0 fully saturated rings. The van der Waals surface area contributed by atoms with Gasteiger partial charge in [-0.05, 0) is 24.1 Å². The van der Waals surface area contributed by atoms with Gasteiger partial charge in [0.25, 0.3) is 0 Å². The molecule has 132 valence electrons. The van der Waals surface area contributed by atoms with Crippen molar-refractivity contribution in [3.63, 3.8) is 0 Å². The average molecular weight is 341 g/mol. The van der Waals surface area contributed by atoms with E-state index in [1.807, 2.05) is 30.3 Å². The van der Waals surface area contributed by atoms with Gasteiger partial charge in [0.1, 0.15) is 11.6 Å². The molecule has 3 rings (SSSR count). The first-order valence-corrected chi connectivity index (χ1v) is 8.16. The van der Waals surface area contributed by atoms with Crippen molar-refractivity contribution in [2.75, 3.05) is 26.6 Å². The van der Waals surface area contributed by atoms with Crippen LogP contribution in [0.3, 0.4) is 0 Å². The molecule has 0 amide bonds. The number of aromatic amines is 1. The summed E-state index contributed by atoms with van der Waals surface area (Å²) in [6.45, 7) is 4.83. The van der Waals surface area contributed by atoms with Crippen LogP contribution >= 0.6 is 0 Å². The zero-order valence-electron chi connectivity index (χ0n) is 14.9. The molecular formula is C19H23N3O3. The predicted molar refractivity (Wildman–Crippen MR) is 99.4 cm³/mol. The topological polar surface area (TPSA) is 82.4 Å². The van der Waals surface area contributed by atoms with Gasteiger partial charge in [-0.15, -0.1) is 0 Å². The molecule has 0 aliphatic rings. The summed E-state index contributed by atoms with van der Waals surface area (Å²) in [5.74, 6) is 3.16. The number of anilines is 1. The molecule has 2 aromatic carbocycles. The second-order valence-corrected chi connectivity index (χ2v) is 6.27. The van der Waals surface area contributed by atoms with Gasteiger partial charge >= 0.3 is 0 Å². The number of hydrogen-bond donors (Lipinski definition) is 2. The Morgan fingerprint density at radius 3 is 2.40 bits per heavy atom. The lowest BCUT2D eigenvalue weighted by Crippen LogP contribution is -2.06. The van der Waals surface area contributed by atoms with E-state index < -0.39 is 0 Å². The van der Waals surface area contributed by atoms with E-state index in [2.05, 4.69) is 23.8 Å². The highest BCUT2D eigenvalue weighted by atomic mass is 16.5. The van der Waals surface area contributed by atoms with Gasteiger partial charge in [-0.1, -0.05) is 13.8 Å². The van der Waals surface area contributed by atoms with Crippen LogP contribution in [0.5, 0.6) is 17.2 Å². The van der Waals surface area contributed by atoms with E-state index in [1.165, 1.54) is 0 Å². The number of benzene rings is 2. The number of fused-ring (bicyclic) bond motifs is 1. The van der Waals surface area contributed by atoms with Gasteiger partial charge in [0, 0.05) is 17.7 Å². The number of ether oxygens (including phenoxy) is 3. The van der Waals surface area contributed by atoms with Crippen LogP contribution in [0.4, 0.5) is 5.69 Å². The number of hydrogen-bond acceptors (Lipinski definition) is 5. The summed E-state index contributed by atoms with van der Waals surface area (Å²) in [5, 5.41) is 0. The predicted octanol–water partition coefficient (Wildman–Crippen LogP) is 3.86. The number of nitrogens with two attached hydrogens (primary N) is 1. The third kappa shape index (κ3) is 3.47. The molecule has 0 atom stereocenters. The maximum Gasteiger partial charge on any atom is 0.163 e. The number of H-pyrrole nitrogens is 1. The number of aromatic nitrogens is 2. The molecule has 6 nitrogen and oxygen atoms in total. The lowest BCUT2D eigenvalue weighted by atomic mass is 10.2. The molecule has 0 bridgehead atoms. The van der Waals surface area contributed by atoms with E-state index in [0.29, 0.717) is 35.5 Å². The van der Waals surface area contributed by atoms with E-state index in [4.69, 9.17) is 19.9 Å².